The molecule has 5 nitrogen and oxygen atoms in total. The lowest BCUT2D eigenvalue weighted by Crippen LogP contribution is -2.29. The molecule has 0 fully saturated rings. The van der Waals surface area contributed by atoms with Crippen LogP contribution in [0.15, 0.2) is 76.6 Å². The first-order chi connectivity index (χ1) is 14.5. The molecule has 0 spiro atoms. The van der Waals surface area contributed by atoms with Gasteiger partial charge in [-0.15, -0.1) is 0 Å². The lowest BCUT2D eigenvalue weighted by Gasteiger charge is -2.27. The number of hydrogen-bond donors (Lipinski definition) is 2. The zero-order valence-electron chi connectivity index (χ0n) is 16.8. The number of carbonyl (C=O) groups excluding carboxylic acids is 1. The molecular weight excluding hydrogens is 392 g/mol. The van der Waals surface area contributed by atoms with Gasteiger partial charge in [0.15, 0.2) is 5.78 Å². The standard InChI is InChI=1S/C24H22N4OS/c1-15(2)16-8-10-18(11-9-16)22-19(12-25)23(27)28-24(20(22)13-26)30-14-21(29)17-6-4-3-5-7-17/h3-11,15,22,28H,14,27H2,1-2H3. The van der Waals surface area contributed by atoms with Gasteiger partial charge in [0.25, 0.3) is 0 Å². The maximum absolute atomic E-state index is 12.5. The van der Waals surface area contributed by atoms with Gasteiger partial charge in [0.1, 0.15) is 5.82 Å². The summed E-state index contributed by atoms with van der Waals surface area (Å²) < 4.78 is 0. The molecule has 0 bridgehead atoms. The van der Waals surface area contributed by atoms with Crippen molar-refractivity contribution in [2.45, 2.75) is 25.7 Å². The molecule has 1 aliphatic heterocycles. The number of hydrogen-bond acceptors (Lipinski definition) is 6. The van der Waals surface area contributed by atoms with Gasteiger partial charge in [-0.3, -0.25) is 4.79 Å². The van der Waals surface area contributed by atoms with E-state index in [9.17, 15) is 15.3 Å². The van der Waals surface area contributed by atoms with Crippen LogP contribution in [-0.4, -0.2) is 11.5 Å². The van der Waals surface area contributed by atoms with Crippen LogP contribution in [0.3, 0.4) is 0 Å². The van der Waals surface area contributed by atoms with Crippen molar-refractivity contribution in [2.75, 3.05) is 5.75 Å². The van der Waals surface area contributed by atoms with Crippen molar-refractivity contribution in [3.8, 4) is 12.1 Å². The van der Waals surface area contributed by atoms with Crippen molar-refractivity contribution < 1.29 is 4.79 Å². The quantitative estimate of drug-likeness (QED) is 0.673. The molecule has 6 heteroatoms. The molecule has 1 unspecified atom stereocenters. The van der Waals surface area contributed by atoms with Crippen molar-refractivity contribution in [3.05, 3.63) is 93.3 Å². The number of benzene rings is 2. The SMILES string of the molecule is CC(C)c1ccc(C2C(C#N)=C(N)NC(SCC(=O)c3ccccc3)=C2C#N)cc1. The Morgan fingerprint density at radius 1 is 1.07 bits per heavy atom. The second-order valence-corrected chi connectivity index (χ2v) is 8.24. The van der Waals surface area contributed by atoms with Gasteiger partial charge in [0.05, 0.1) is 40.0 Å². The molecular formula is C24H22N4OS. The molecule has 30 heavy (non-hydrogen) atoms. The Hall–Kier alpha value is -3.48. The molecule has 2 aromatic carbocycles. The minimum absolute atomic E-state index is 0.0429. The van der Waals surface area contributed by atoms with Crippen LogP contribution in [0.1, 0.15) is 47.2 Å². The topological polar surface area (TPSA) is 103 Å². The Kier molecular flexibility index (Phi) is 6.61. The number of nitrogens with one attached hydrogen (secondary N) is 1. The molecule has 0 saturated carbocycles. The fourth-order valence-electron chi connectivity index (χ4n) is 3.29. The first-order valence-corrected chi connectivity index (χ1v) is 10.6. The third-order valence-corrected chi connectivity index (χ3v) is 6.00. The van der Waals surface area contributed by atoms with E-state index in [0.29, 0.717) is 27.7 Å². The number of nitrogens with zero attached hydrogens (tertiary/aromatic N) is 2. The van der Waals surface area contributed by atoms with E-state index in [0.717, 1.165) is 5.56 Å². The summed E-state index contributed by atoms with van der Waals surface area (Å²) in [6, 6.07) is 21.3. The summed E-state index contributed by atoms with van der Waals surface area (Å²) in [5.41, 5.74) is 9.44. The fraction of sp³-hybridized carbons (Fsp3) is 0.208. The highest BCUT2D eigenvalue weighted by molar-refractivity contribution is 8.03. The van der Waals surface area contributed by atoms with E-state index < -0.39 is 5.92 Å². The molecule has 0 aliphatic carbocycles. The predicted molar refractivity (Wildman–Crippen MR) is 119 cm³/mol. The molecule has 0 saturated heterocycles. The number of ketones is 1. The molecule has 0 amide bonds. The third-order valence-electron chi connectivity index (χ3n) is 4.98. The van der Waals surface area contributed by atoms with Crippen LogP contribution in [0.4, 0.5) is 0 Å². The summed E-state index contributed by atoms with van der Waals surface area (Å²) in [5.74, 6) is 0.148. The second kappa shape index (κ2) is 9.35. The van der Waals surface area contributed by atoms with E-state index in [-0.39, 0.29) is 17.4 Å². The number of carbonyl (C=O) groups is 1. The van der Waals surface area contributed by atoms with E-state index in [2.05, 4.69) is 31.3 Å². The molecule has 150 valence electrons. The van der Waals surface area contributed by atoms with Crippen LogP contribution < -0.4 is 11.1 Å². The van der Waals surface area contributed by atoms with Gasteiger partial charge in [-0.25, -0.2) is 0 Å². The summed E-state index contributed by atoms with van der Waals surface area (Å²) in [6.07, 6.45) is 0. The molecule has 3 rings (SSSR count). The van der Waals surface area contributed by atoms with E-state index >= 15 is 0 Å². The Balaban J connectivity index is 1.93. The highest BCUT2D eigenvalue weighted by Crippen LogP contribution is 2.39. The average Bonchev–Trinajstić information content (AvgIpc) is 2.77. The van der Waals surface area contributed by atoms with Gasteiger partial charge in [-0.05, 0) is 17.0 Å². The van der Waals surface area contributed by atoms with Crippen LogP contribution in [-0.2, 0) is 0 Å². The first-order valence-electron chi connectivity index (χ1n) is 9.58. The molecule has 1 atom stereocenters. The highest BCUT2D eigenvalue weighted by Gasteiger charge is 2.32. The normalized spacial score (nSPS) is 16.1. The number of thioether (sulfide) groups is 1. The molecule has 3 N–H and O–H groups in total. The van der Waals surface area contributed by atoms with E-state index in [4.69, 9.17) is 5.73 Å². The maximum Gasteiger partial charge on any atom is 0.173 e. The minimum atomic E-state index is -0.559. The van der Waals surface area contributed by atoms with Gasteiger partial charge in [0.2, 0.25) is 0 Å². The number of Topliss-reactive ketones (excluding diaryl/α,β-unsaturated/α-hetero) is 1. The van der Waals surface area contributed by atoms with Crippen molar-refractivity contribution >= 4 is 17.5 Å². The van der Waals surface area contributed by atoms with Crippen LogP contribution in [0.25, 0.3) is 0 Å². The number of dihydropyridines is 1. The van der Waals surface area contributed by atoms with Gasteiger partial charge >= 0.3 is 0 Å². The van der Waals surface area contributed by atoms with Gasteiger partial charge in [-0.1, -0.05) is 80.2 Å². The molecule has 1 heterocycles. The predicted octanol–water partition coefficient (Wildman–Crippen LogP) is 4.54. The fourth-order valence-corrected chi connectivity index (χ4v) is 4.24. The van der Waals surface area contributed by atoms with Crippen LogP contribution in [0.5, 0.6) is 0 Å². The summed E-state index contributed by atoms with van der Waals surface area (Å²) in [6.45, 7) is 4.22. The Bertz CT molecular complexity index is 1090. The summed E-state index contributed by atoms with van der Waals surface area (Å²) in [7, 11) is 0. The Morgan fingerprint density at radius 3 is 2.27 bits per heavy atom. The lowest BCUT2D eigenvalue weighted by molar-refractivity contribution is 0.102. The lowest BCUT2D eigenvalue weighted by atomic mass is 9.83. The van der Waals surface area contributed by atoms with E-state index in [1.165, 1.54) is 17.3 Å². The smallest absolute Gasteiger partial charge is 0.173 e. The maximum atomic E-state index is 12.5. The molecule has 0 radical (unpaired) electrons. The summed E-state index contributed by atoms with van der Waals surface area (Å²) in [5, 5.41) is 23.0. The zero-order chi connectivity index (χ0) is 21.7. The minimum Gasteiger partial charge on any atom is -0.384 e. The van der Waals surface area contributed by atoms with Crippen molar-refractivity contribution in [1.29, 1.82) is 10.5 Å². The number of rotatable bonds is 6. The Labute approximate surface area is 180 Å². The first kappa shape index (κ1) is 21.2. The van der Waals surface area contributed by atoms with E-state index in [1.54, 1.807) is 12.1 Å². The van der Waals surface area contributed by atoms with Crippen molar-refractivity contribution in [3.63, 3.8) is 0 Å². The Morgan fingerprint density at radius 2 is 1.70 bits per heavy atom. The van der Waals surface area contributed by atoms with Crippen molar-refractivity contribution in [1.82, 2.24) is 5.32 Å². The third kappa shape index (κ3) is 4.40. The zero-order valence-corrected chi connectivity index (χ0v) is 17.7. The monoisotopic (exact) mass is 414 g/mol. The number of allylic oxidation sites excluding steroid dienone is 2. The van der Waals surface area contributed by atoms with Crippen LogP contribution >= 0.6 is 11.8 Å². The number of nitrogens with two attached hydrogens (primary N) is 1. The largest absolute Gasteiger partial charge is 0.384 e. The average molecular weight is 415 g/mol. The molecule has 1 aliphatic rings. The number of nitriles is 2. The van der Waals surface area contributed by atoms with Gasteiger partial charge in [0, 0.05) is 5.56 Å². The second-order valence-electron chi connectivity index (χ2n) is 7.25. The van der Waals surface area contributed by atoms with Crippen LogP contribution in [0.2, 0.25) is 0 Å². The van der Waals surface area contributed by atoms with E-state index in [1.807, 2.05) is 42.5 Å². The molecule has 0 aromatic heterocycles. The highest BCUT2D eigenvalue weighted by atomic mass is 32.2. The van der Waals surface area contributed by atoms with Crippen LogP contribution in [0, 0.1) is 22.7 Å². The summed E-state index contributed by atoms with van der Waals surface area (Å²) >= 11 is 1.23. The van der Waals surface area contributed by atoms with Gasteiger partial charge in [-0.2, -0.15) is 10.5 Å². The molecule has 2 aromatic rings. The summed E-state index contributed by atoms with van der Waals surface area (Å²) in [4.78, 5) is 12.5. The van der Waals surface area contributed by atoms with Crippen molar-refractivity contribution in [2.24, 2.45) is 5.73 Å². The van der Waals surface area contributed by atoms with Gasteiger partial charge < -0.3 is 11.1 Å².